The minimum Gasteiger partial charge on any atom is -0.480 e. The van der Waals surface area contributed by atoms with E-state index in [2.05, 4.69) is 5.32 Å². The van der Waals surface area contributed by atoms with Gasteiger partial charge in [-0.25, -0.2) is 9.59 Å². The molecule has 2 aromatic carbocycles. The number of carbonyl (C=O) groups excluding carboxylic acids is 2. The number of ether oxygens (including phenoxy) is 2. The third-order valence-corrected chi connectivity index (χ3v) is 6.08. The number of carbonyl (C=O) groups is 3. The van der Waals surface area contributed by atoms with E-state index < -0.39 is 55.4 Å². The number of rotatable bonds is 11. The molecule has 0 saturated carbocycles. The molecule has 0 heterocycles. The number of amides is 1. The van der Waals surface area contributed by atoms with Crippen LogP contribution in [0.25, 0.3) is 11.1 Å². The van der Waals surface area contributed by atoms with E-state index in [1.54, 1.807) is 20.8 Å². The van der Waals surface area contributed by atoms with Crippen molar-refractivity contribution in [2.24, 2.45) is 0 Å². The molecule has 1 atom stereocenters. The van der Waals surface area contributed by atoms with Crippen molar-refractivity contribution in [2.45, 2.75) is 57.3 Å². The summed E-state index contributed by atoms with van der Waals surface area (Å²) < 4.78 is 48.7. The van der Waals surface area contributed by atoms with Gasteiger partial charge in [-0.3, -0.25) is 9.69 Å². The summed E-state index contributed by atoms with van der Waals surface area (Å²) in [5, 5.41) is 12.0. The summed E-state index contributed by atoms with van der Waals surface area (Å²) in [4.78, 5) is 38.1. The Bertz CT molecular complexity index is 1130. The van der Waals surface area contributed by atoms with Crippen LogP contribution in [0.15, 0.2) is 48.5 Å². The Hall–Kier alpha value is -3.60. The molecule has 0 unspecified atom stereocenters. The molecule has 0 fully saturated rings. The van der Waals surface area contributed by atoms with Gasteiger partial charge in [-0.05, 0) is 56.0 Å². The maximum atomic E-state index is 12.7. The quantitative estimate of drug-likeness (QED) is 0.381. The van der Waals surface area contributed by atoms with Crippen LogP contribution in [0.4, 0.5) is 18.0 Å². The molecule has 0 bridgehead atoms. The molecule has 2 N–H and O–H groups in total. The third kappa shape index (κ3) is 8.98. The van der Waals surface area contributed by atoms with Gasteiger partial charge in [-0.2, -0.15) is 13.2 Å². The molecule has 1 aliphatic carbocycles. The highest BCUT2D eigenvalue weighted by Crippen LogP contribution is 2.44. The van der Waals surface area contributed by atoms with Crippen molar-refractivity contribution in [3.8, 4) is 11.1 Å². The minimum absolute atomic E-state index is 0.0423. The molecule has 0 radical (unpaired) electrons. The Labute approximate surface area is 225 Å². The largest absolute Gasteiger partial charge is 0.480 e. The molecule has 1 amide bonds. The van der Waals surface area contributed by atoms with Crippen LogP contribution in [0.1, 0.15) is 50.7 Å². The zero-order chi connectivity index (χ0) is 28.8. The van der Waals surface area contributed by atoms with E-state index in [-0.39, 0.29) is 25.5 Å². The molecule has 1 aliphatic rings. The highest BCUT2D eigenvalue weighted by molar-refractivity contribution is 5.81. The number of benzene rings is 2. The maximum Gasteiger partial charge on any atom is 0.407 e. The van der Waals surface area contributed by atoms with E-state index in [0.29, 0.717) is 0 Å². The summed E-state index contributed by atoms with van der Waals surface area (Å²) in [6.45, 7) is 3.78. The molecule has 11 heteroatoms. The molecule has 0 aliphatic heterocycles. The number of esters is 1. The minimum atomic E-state index is -4.40. The molecule has 2 aromatic rings. The predicted molar refractivity (Wildman–Crippen MR) is 137 cm³/mol. The number of alkyl carbamates (subject to hydrolysis) is 1. The van der Waals surface area contributed by atoms with Crippen molar-refractivity contribution in [1.82, 2.24) is 10.2 Å². The summed E-state index contributed by atoms with van der Waals surface area (Å²) >= 11 is 0. The Balaban J connectivity index is 1.64. The lowest BCUT2D eigenvalue weighted by molar-refractivity contribution is -0.157. The van der Waals surface area contributed by atoms with Crippen LogP contribution in [-0.2, 0) is 19.1 Å². The molecule has 3 rings (SSSR count). The van der Waals surface area contributed by atoms with Crippen LogP contribution >= 0.6 is 0 Å². The second-order valence-electron chi connectivity index (χ2n) is 10.4. The van der Waals surface area contributed by atoms with Crippen LogP contribution in [0, 0.1) is 0 Å². The zero-order valence-electron chi connectivity index (χ0n) is 22.1. The Morgan fingerprint density at radius 2 is 1.56 bits per heavy atom. The zero-order valence-corrected chi connectivity index (χ0v) is 22.1. The molecule has 0 aromatic heterocycles. The first-order valence-electron chi connectivity index (χ1n) is 12.6. The van der Waals surface area contributed by atoms with Crippen molar-refractivity contribution in [1.29, 1.82) is 0 Å². The molecule has 8 nitrogen and oxygen atoms in total. The summed E-state index contributed by atoms with van der Waals surface area (Å²) in [5.74, 6) is -2.38. The Kier molecular flexibility index (Phi) is 9.60. The SMILES string of the molecule is CC(C)(C)OC(=O)CN(CCCC(F)(F)F)C[C@H](NC(=O)OCC1c2ccccc2-c2ccccc21)C(=O)O. The molecular weight excluding hydrogens is 517 g/mol. The molecule has 39 heavy (non-hydrogen) atoms. The number of aliphatic carboxylic acids is 1. The number of halogens is 3. The van der Waals surface area contributed by atoms with E-state index in [9.17, 15) is 32.7 Å². The first-order valence-corrected chi connectivity index (χ1v) is 12.6. The lowest BCUT2D eigenvalue weighted by atomic mass is 9.98. The fraction of sp³-hybridized carbons (Fsp3) is 0.464. The van der Waals surface area contributed by atoms with Gasteiger partial charge in [0.05, 0.1) is 6.54 Å². The highest BCUT2D eigenvalue weighted by atomic mass is 19.4. The molecular formula is C28H33F3N2O6. The number of hydrogen-bond acceptors (Lipinski definition) is 6. The van der Waals surface area contributed by atoms with Crippen LogP contribution in [-0.4, -0.2) is 72.1 Å². The summed E-state index contributed by atoms with van der Waals surface area (Å²) in [6, 6.07) is 13.9. The van der Waals surface area contributed by atoms with Gasteiger partial charge < -0.3 is 19.9 Å². The normalized spacial score (nSPS) is 13.9. The van der Waals surface area contributed by atoms with Gasteiger partial charge in [-0.1, -0.05) is 48.5 Å². The Morgan fingerprint density at radius 3 is 2.08 bits per heavy atom. The van der Waals surface area contributed by atoms with Crippen LogP contribution in [0.3, 0.4) is 0 Å². The topological polar surface area (TPSA) is 105 Å². The first-order chi connectivity index (χ1) is 18.2. The first kappa shape index (κ1) is 29.9. The van der Waals surface area contributed by atoms with Gasteiger partial charge in [0.25, 0.3) is 0 Å². The molecule has 0 spiro atoms. The maximum absolute atomic E-state index is 12.7. The van der Waals surface area contributed by atoms with Crippen molar-refractivity contribution in [3.05, 3.63) is 59.7 Å². The smallest absolute Gasteiger partial charge is 0.407 e. The van der Waals surface area contributed by atoms with E-state index in [1.165, 1.54) is 4.90 Å². The van der Waals surface area contributed by atoms with E-state index in [0.717, 1.165) is 22.3 Å². The monoisotopic (exact) mass is 550 g/mol. The van der Waals surface area contributed by atoms with Crippen molar-refractivity contribution in [3.63, 3.8) is 0 Å². The highest BCUT2D eigenvalue weighted by Gasteiger charge is 2.31. The van der Waals surface area contributed by atoms with Gasteiger partial charge in [0.1, 0.15) is 18.2 Å². The second kappa shape index (κ2) is 12.5. The lowest BCUT2D eigenvalue weighted by Gasteiger charge is -2.27. The fourth-order valence-electron chi connectivity index (χ4n) is 4.52. The average Bonchev–Trinajstić information content (AvgIpc) is 3.14. The average molecular weight is 551 g/mol. The summed E-state index contributed by atoms with van der Waals surface area (Å²) in [6.07, 6.45) is -6.85. The van der Waals surface area contributed by atoms with Gasteiger partial charge in [-0.15, -0.1) is 0 Å². The molecule has 0 saturated heterocycles. The number of nitrogens with zero attached hydrogens (tertiary/aromatic N) is 1. The van der Waals surface area contributed by atoms with Gasteiger partial charge in [0, 0.05) is 18.9 Å². The fourth-order valence-corrected chi connectivity index (χ4v) is 4.52. The van der Waals surface area contributed by atoms with E-state index >= 15 is 0 Å². The number of hydrogen-bond donors (Lipinski definition) is 2. The van der Waals surface area contributed by atoms with Crippen LogP contribution in [0.5, 0.6) is 0 Å². The van der Waals surface area contributed by atoms with Crippen LogP contribution in [0.2, 0.25) is 0 Å². The van der Waals surface area contributed by atoms with Gasteiger partial charge in [0.15, 0.2) is 0 Å². The lowest BCUT2D eigenvalue weighted by Crippen LogP contribution is -2.50. The van der Waals surface area contributed by atoms with Crippen molar-refractivity contribution in [2.75, 3.05) is 26.2 Å². The number of fused-ring (bicyclic) bond motifs is 3. The van der Waals surface area contributed by atoms with Crippen molar-refractivity contribution < 1.29 is 42.1 Å². The van der Waals surface area contributed by atoms with Gasteiger partial charge in [0.2, 0.25) is 0 Å². The standard InChI is InChI=1S/C28H33F3N2O6/c1-27(2,3)39-24(34)16-33(14-8-13-28(29,30)31)15-23(25(35)36)32-26(37)38-17-22-20-11-6-4-9-18(20)19-10-5-7-12-21(19)22/h4-7,9-12,22-23H,8,13-17H2,1-3H3,(H,32,37)(H,35,36)/t23-/m0/s1. The summed E-state index contributed by atoms with van der Waals surface area (Å²) in [7, 11) is 0. The van der Waals surface area contributed by atoms with Crippen molar-refractivity contribution >= 4 is 18.0 Å². The number of nitrogens with one attached hydrogen (secondary N) is 1. The predicted octanol–water partition coefficient (Wildman–Crippen LogP) is 4.96. The molecule has 212 valence electrons. The second-order valence-corrected chi connectivity index (χ2v) is 10.4. The number of carboxylic acids is 1. The van der Waals surface area contributed by atoms with E-state index in [1.807, 2.05) is 48.5 Å². The van der Waals surface area contributed by atoms with Gasteiger partial charge >= 0.3 is 24.2 Å². The number of carboxylic acid groups (broad SMARTS) is 1. The Morgan fingerprint density at radius 1 is 1.00 bits per heavy atom. The van der Waals surface area contributed by atoms with E-state index in [4.69, 9.17) is 9.47 Å². The third-order valence-electron chi connectivity index (χ3n) is 6.08. The summed E-state index contributed by atoms with van der Waals surface area (Å²) in [5.41, 5.74) is 3.19. The number of alkyl halides is 3. The van der Waals surface area contributed by atoms with Crippen LogP contribution < -0.4 is 5.32 Å².